The van der Waals surface area contributed by atoms with Crippen molar-refractivity contribution in [3.05, 3.63) is 166 Å². The van der Waals surface area contributed by atoms with Gasteiger partial charge in [-0.3, -0.25) is 12.2 Å². The molecule has 0 aromatic heterocycles. The maximum absolute atomic E-state index is 11.9. The van der Waals surface area contributed by atoms with Gasteiger partial charge in [0.2, 0.25) is 0 Å². The fraction of sp³-hybridized carbons (Fsp3) is 0.400. The summed E-state index contributed by atoms with van der Waals surface area (Å²) >= 11 is 1.30. The fourth-order valence-electron chi connectivity index (χ4n) is 7.89. The van der Waals surface area contributed by atoms with Gasteiger partial charge in [-0.15, -0.1) is 60.7 Å². The second-order valence-corrected chi connectivity index (χ2v) is 19.8. The van der Waals surface area contributed by atoms with Gasteiger partial charge in [-0.1, -0.05) is 138 Å². The zero-order valence-corrected chi connectivity index (χ0v) is 42.5. The monoisotopic (exact) mass is 924 g/mol. The summed E-state index contributed by atoms with van der Waals surface area (Å²) in [6.45, 7) is 32.3. The molecule has 4 aliphatic carbocycles. The molecule has 4 aromatic carbocycles. The quantitative estimate of drug-likeness (QED) is 0.147. The minimum absolute atomic E-state index is 0. The van der Waals surface area contributed by atoms with Crippen molar-refractivity contribution in [1.82, 2.24) is 0 Å². The molecule has 0 saturated carbocycles. The predicted molar refractivity (Wildman–Crippen MR) is 255 cm³/mol. The van der Waals surface area contributed by atoms with E-state index in [2.05, 4.69) is 168 Å². The molecule has 0 fully saturated rings. The average molecular weight is 927 g/mol. The summed E-state index contributed by atoms with van der Waals surface area (Å²) in [5, 5.41) is 0. The van der Waals surface area contributed by atoms with Crippen LogP contribution in [-0.4, -0.2) is 4.21 Å². The number of benzene rings is 4. The molecule has 0 spiro atoms. The minimum atomic E-state index is -0.209. The van der Waals surface area contributed by atoms with Gasteiger partial charge < -0.3 is 0 Å². The van der Waals surface area contributed by atoms with Gasteiger partial charge in [-0.25, -0.2) is 20.4 Å². The summed E-state index contributed by atoms with van der Waals surface area (Å²) in [6.07, 6.45) is 16.4. The van der Waals surface area contributed by atoms with Gasteiger partial charge in [0, 0.05) is 17.0 Å². The standard InChI is InChI=1S/C31H37.C11H17.2C6H4F.CH2.2ClH.Zr/c1-28(2,3)26-16-30(7,8)24-12-18-11-19-13-25-23(15-21(19)20(18)14-22(24)26)27(29(4,5)6)17-31(25,9)10;1-5-9-6-7-10(8-9)11(2,3)4;2*7-6-4-2-1-3-5-6;;;;/h12-16H,11H2,1-10H3;7-9H,5H2,1-4H3;2*2-5H;1H2;2*1H;/q4*-1;;;;. The van der Waals surface area contributed by atoms with Crippen molar-refractivity contribution in [1.29, 1.82) is 0 Å². The number of hydrogen-bond acceptors (Lipinski definition) is 0. The molecule has 5 heteroatoms. The summed E-state index contributed by atoms with van der Waals surface area (Å²) in [7, 11) is 0. The van der Waals surface area contributed by atoms with Crippen molar-refractivity contribution in [2.24, 2.45) is 22.2 Å². The van der Waals surface area contributed by atoms with Crippen LogP contribution in [0.4, 0.5) is 8.78 Å². The Hall–Kier alpha value is -2.97. The van der Waals surface area contributed by atoms with Gasteiger partial charge in [0.1, 0.15) is 0 Å². The summed E-state index contributed by atoms with van der Waals surface area (Å²) < 4.78 is 27.1. The van der Waals surface area contributed by atoms with Crippen molar-refractivity contribution in [3.8, 4) is 11.1 Å². The zero-order chi connectivity index (χ0) is 43.4. The van der Waals surface area contributed by atoms with Gasteiger partial charge in [-0.2, -0.15) is 53.6 Å². The van der Waals surface area contributed by atoms with Crippen LogP contribution in [0, 0.1) is 58.1 Å². The average Bonchev–Trinajstić information content (AvgIpc) is 3.90. The van der Waals surface area contributed by atoms with Gasteiger partial charge >= 0.3 is 28.4 Å². The first-order chi connectivity index (χ1) is 26.9. The van der Waals surface area contributed by atoms with E-state index in [9.17, 15) is 8.78 Å². The molecule has 0 bridgehead atoms. The van der Waals surface area contributed by atoms with Crippen LogP contribution in [0.1, 0.15) is 137 Å². The molecule has 1 unspecified atom stereocenters. The van der Waals surface area contributed by atoms with E-state index in [1.54, 1.807) is 0 Å². The molecule has 60 heavy (non-hydrogen) atoms. The van der Waals surface area contributed by atoms with E-state index in [0.717, 1.165) is 6.42 Å². The molecular formula is C55H66Cl2F2Zr-4. The first kappa shape index (κ1) is 53.2. The Morgan fingerprint density at radius 2 is 1.13 bits per heavy atom. The van der Waals surface area contributed by atoms with E-state index in [0.29, 0.717) is 11.3 Å². The molecule has 322 valence electrons. The van der Waals surface area contributed by atoms with E-state index in [1.807, 2.05) is 0 Å². The second-order valence-electron chi connectivity index (χ2n) is 19.8. The molecule has 4 aromatic rings. The third-order valence-electron chi connectivity index (χ3n) is 11.1. The Balaban J connectivity index is 0.000000348. The SMILES string of the molecule is CC(C)(C)C1=[C-]C(C)(C)c2cc3c(cc21)-c1cc2c(cc1C3)C(C)(C)C=C2C(C)(C)C.CCC1[C-]=CC(C(C)(C)C)=C1.Cl.Cl.Fc1cc[c-]cc1.Fc1cc[c-]cc1.[CH2]=[Zr]. The molecule has 0 nitrogen and oxygen atoms in total. The van der Waals surface area contributed by atoms with Crippen molar-refractivity contribution in [3.63, 3.8) is 0 Å². The van der Waals surface area contributed by atoms with Crippen molar-refractivity contribution in [2.45, 2.75) is 121 Å². The number of allylic oxidation sites excluding steroid dienone is 8. The van der Waals surface area contributed by atoms with E-state index >= 15 is 0 Å². The molecule has 4 aliphatic rings. The van der Waals surface area contributed by atoms with E-state index < -0.39 is 0 Å². The summed E-state index contributed by atoms with van der Waals surface area (Å²) in [6, 6.07) is 27.0. The van der Waals surface area contributed by atoms with Crippen LogP contribution >= 0.6 is 24.8 Å². The fourth-order valence-corrected chi connectivity index (χ4v) is 7.89. The van der Waals surface area contributed by atoms with Crippen LogP contribution < -0.4 is 0 Å². The van der Waals surface area contributed by atoms with Crippen LogP contribution in [0.2, 0.25) is 0 Å². The molecular weight excluding hydrogens is 861 g/mol. The third kappa shape index (κ3) is 12.8. The molecule has 0 aliphatic heterocycles. The molecule has 0 N–H and O–H groups in total. The second kappa shape index (κ2) is 20.9. The Labute approximate surface area is 390 Å². The Morgan fingerprint density at radius 3 is 1.50 bits per heavy atom. The van der Waals surface area contributed by atoms with E-state index in [1.165, 1.54) is 140 Å². The van der Waals surface area contributed by atoms with E-state index in [4.69, 9.17) is 0 Å². The normalized spacial score (nSPS) is 16.9. The first-order valence-corrected chi connectivity index (χ1v) is 22.3. The van der Waals surface area contributed by atoms with Gasteiger partial charge in [0.25, 0.3) is 0 Å². The number of rotatable bonds is 1. The number of halogens is 4. The Bertz CT molecular complexity index is 2050. The third-order valence-corrected chi connectivity index (χ3v) is 11.1. The molecule has 0 radical (unpaired) electrons. The molecule has 0 heterocycles. The molecule has 8 rings (SSSR count). The van der Waals surface area contributed by atoms with Crippen molar-refractivity contribution >= 4 is 40.2 Å². The van der Waals surface area contributed by atoms with Crippen molar-refractivity contribution in [2.75, 3.05) is 0 Å². The topological polar surface area (TPSA) is 0 Å². The summed E-state index contributed by atoms with van der Waals surface area (Å²) in [5.41, 5.74) is 16.6. The van der Waals surface area contributed by atoms with Gasteiger partial charge in [0.05, 0.1) is 0 Å². The van der Waals surface area contributed by atoms with Crippen LogP contribution in [0.5, 0.6) is 0 Å². The van der Waals surface area contributed by atoms with Crippen molar-refractivity contribution < 1.29 is 33.0 Å². The Morgan fingerprint density at radius 1 is 0.667 bits per heavy atom. The zero-order valence-electron chi connectivity index (χ0n) is 38.4. The molecule has 1 atom stereocenters. The molecule has 0 amide bonds. The summed E-state index contributed by atoms with van der Waals surface area (Å²) in [5.74, 6) is 0.154. The summed E-state index contributed by atoms with van der Waals surface area (Å²) in [4.78, 5) is 0. The Kier molecular flexibility index (Phi) is 18.6. The first-order valence-electron chi connectivity index (χ1n) is 20.6. The van der Waals surface area contributed by atoms with Crippen LogP contribution in [0.15, 0.2) is 96.6 Å². The molecule has 0 saturated heterocycles. The number of hydrogen-bond donors (Lipinski definition) is 0. The van der Waals surface area contributed by atoms with Crippen LogP contribution in [-0.2, 0) is 41.5 Å². The maximum atomic E-state index is 11.9. The van der Waals surface area contributed by atoms with Gasteiger partial charge in [-0.05, 0) is 62.3 Å². The van der Waals surface area contributed by atoms with Gasteiger partial charge in [0.15, 0.2) is 0 Å². The van der Waals surface area contributed by atoms with Crippen LogP contribution in [0.25, 0.3) is 22.3 Å². The van der Waals surface area contributed by atoms with Crippen LogP contribution in [0.3, 0.4) is 0 Å². The van der Waals surface area contributed by atoms with E-state index in [-0.39, 0.29) is 58.1 Å². The predicted octanol–water partition coefficient (Wildman–Crippen LogP) is 15.9. The number of fused-ring (bicyclic) bond motifs is 5.